The van der Waals surface area contributed by atoms with Gasteiger partial charge in [0.05, 0.1) is 0 Å². The highest BCUT2D eigenvalue weighted by Crippen LogP contribution is 2.27. The second-order valence-electron chi connectivity index (χ2n) is 7.30. The number of piperidine rings is 1. The summed E-state index contributed by atoms with van der Waals surface area (Å²) >= 11 is 5.95. The van der Waals surface area contributed by atoms with Crippen LogP contribution in [0.5, 0.6) is 0 Å². The Balaban J connectivity index is 2.02. The van der Waals surface area contributed by atoms with E-state index in [0.717, 1.165) is 43.3 Å². The topological polar surface area (TPSA) is 38.5 Å². The normalized spacial score (nSPS) is 22.5. The van der Waals surface area contributed by atoms with Crippen LogP contribution in [0.3, 0.4) is 0 Å². The molecule has 1 unspecified atom stereocenters. The second-order valence-corrected chi connectivity index (χ2v) is 7.74. The first kappa shape index (κ1) is 17.2. The zero-order valence-electron chi connectivity index (χ0n) is 13.9. The van der Waals surface area contributed by atoms with Crippen LogP contribution in [0.2, 0.25) is 5.02 Å². The van der Waals surface area contributed by atoms with E-state index in [1.807, 2.05) is 32.9 Å². The second kappa shape index (κ2) is 6.51. The minimum absolute atomic E-state index is 0.234. The van der Waals surface area contributed by atoms with E-state index in [9.17, 15) is 0 Å². The van der Waals surface area contributed by atoms with Gasteiger partial charge < -0.3 is 15.4 Å². The molecule has 1 aliphatic heterocycles. The fourth-order valence-corrected chi connectivity index (χ4v) is 3.07. The maximum atomic E-state index is 6.65. The maximum Gasteiger partial charge on any atom is 0.182 e. The van der Waals surface area contributed by atoms with Gasteiger partial charge in [-0.05, 0) is 64.3 Å². The lowest BCUT2D eigenvalue weighted by Gasteiger charge is -2.43. The largest absolute Gasteiger partial charge is 0.474 e. The van der Waals surface area contributed by atoms with Gasteiger partial charge in [-0.25, -0.2) is 0 Å². The molecule has 0 aromatic heterocycles. The highest BCUT2D eigenvalue weighted by molar-refractivity contribution is 6.30. The lowest BCUT2D eigenvalue weighted by molar-refractivity contribution is -0.0106. The van der Waals surface area contributed by atoms with E-state index in [-0.39, 0.29) is 11.1 Å². The van der Waals surface area contributed by atoms with Gasteiger partial charge in [-0.2, -0.15) is 0 Å². The average molecular weight is 323 g/mol. The molecule has 1 aromatic carbocycles. The van der Waals surface area contributed by atoms with E-state index >= 15 is 0 Å². The molecule has 0 saturated carbocycles. The smallest absolute Gasteiger partial charge is 0.182 e. The first-order valence-electron chi connectivity index (χ1n) is 7.83. The van der Waals surface area contributed by atoms with E-state index < -0.39 is 0 Å². The number of hydrogen-bond acceptors (Lipinski definition) is 3. The number of halogens is 1. The van der Waals surface area contributed by atoms with Gasteiger partial charge in [0, 0.05) is 23.7 Å². The van der Waals surface area contributed by atoms with Gasteiger partial charge in [0.15, 0.2) is 5.88 Å². The molecule has 1 saturated heterocycles. The number of benzene rings is 1. The molecule has 0 radical (unpaired) electrons. The van der Waals surface area contributed by atoms with E-state index in [4.69, 9.17) is 22.1 Å². The van der Waals surface area contributed by atoms with Crippen molar-refractivity contribution in [2.45, 2.75) is 51.2 Å². The summed E-state index contributed by atoms with van der Waals surface area (Å²) in [6, 6.07) is 7.94. The molecule has 0 bridgehead atoms. The van der Waals surface area contributed by atoms with Crippen molar-refractivity contribution in [1.82, 2.24) is 4.90 Å². The molecule has 122 valence electrons. The summed E-state index contributed by atoms with van der Waals surface area (Å²) in [6.45, 7) is 11.9. The van der Waals surface area contributed by atoms with E-state index in [1.54, 1.807) is 0 Å². The molecule has 22 heavy (non-hydrogen) atoms. The predicted octanol–water partition coefficient (Wildman–Crippen LogP) is 3.96. The van der Waals surface area contributed by atoms with Crippen LogP contribution < -0.4 is 5.73 Å². The van der Waals surface area contributed by atoms with Gasteiger partial charge in [0.2, 0.25) is 0 Å². The van der Waals surface area contributed by atoms with Crippen LogP contribution in [-0.4, -0.2) is 29.1 Å². The summed E-state index contributed by atoms with van der Waals surface area (Å²) < 4.78 is 5.89. The first-order chi connectivity index (χ1) is 10.2. The Bertz CT molecular complexity index is 521. The summed E-state index contributed by atoms with van der Waals surface area (Å²) in [5.41, 5.74) is 7.38. The van der Waals surface area contributed by atoms with Gasteiger partial charge in [0.1, 0.15) is 5.60 Å². The predicted molar refractivity (Wildman–Crippen MR) is 92.9 cm³/mol. The Labute approximate surface area is 139 Å². The molecule has 0 amide bonds. The Morgan fingerprint density at radius 1 is 1.36 bits per heavy atom. The van der Waals surface area contributed by atoms with Crippen LogP contribution in [-0.2, 0) is 11.2 Å². The van der Waals surface area contributed by atoms with Crippen molar-refractivity contribution in [2.75, 3.05) is 13.1 Å². The Kier molecular flexibility index (Phi) is 5.08. The fourth-order valence-electron chi connectivity index (χ4n) is 2.94. The highest BCUT2D eigenvalue weighted by atomic mass is 35.5. The van der Waals surface area contributed by atoms with Crippen LogP contribution in [0.4, 0.5) is 0 Å². The van der Waals surface area contributed by atoms with E-state index in [0.29, 0.717) is 0 Å². The SMILES string of the molecule is C=C(OC(C)(C)C)N1CCCC(N)(Cc2ccc(Cl)cc2)C1. The summed E-state index contributed by atoms with van der Waals surface area (Å²) in [4.78, 5) is 2.17. The number of likely N-dealkylation sites (tertiary alicyclic amines) is 1. The van der Waals surface area contributed by atoms with Gasteiger partial charge in [-0.1, -0.05) is 23.7 Å². The van der Waals surface area contributed by atoms with E-state index in [1.165, 1.54) is 5.56 Å². The maximum absolute atomic E-state index is 6.65. The Morgan fingerprint density at radius 3 is 2.59 bits per heavy atom. The van der Waals surface area contributed by atoms with Crippen LogP contribution >= 0.6 is 11.6 Å². The number of ether oxygens (including phenoxy) is 1. The minimum Gasteiger partial charge on any atom is -0.474 e. The van der Waals surface area contributed by atoms with Crippen LogP contribution in [0.25, 0.3) is 0 Å². The molecule has 2 rings (SSSR count). The van der Waals surface area contributed by atoms with Crippen molar-refractivity contribution in [2.24, 2.45) is 5.73 Å². The van der Waals surface area contributed by atoms with Gasteiger partial charge in [-0.15, -0.1) is 0 Å². The van der Waals surface area contributed by atoms with Crippen molar-refractivity contribution in [1.29, 1.82) is 0 Å². The number of hydrogen-bond donors (Lipinski definition) is 1. The molecule has 0 spiro atoms. The highest BCUT2D eigenvalue weighted by Gasteiger charge is 2.33. The zero-order valence-corrected chi connectivity index (χ0v) is 14.6. The fraction of sp³-hybridized carbons (Fsp3) is 0.556. The molecular weight excluding hydrogens is 296 g/mol. The lowest BCUT2D eigenvalue weighted by Crippen LogP contribution is -2.55. The zero-order chi connectivity index (χ0) is 16.4. The third-order valence-electron chi connectivity index (χ3n) is 3.85. The third kappa shape index (κ3) is 4.92. The summed E-state index contributed by atoms with van der Waals surface area (Å²) in [5.74, 6) is 0.720. The molecule has 1 aromatic rings. The van der Waals surface area contributed by atoms with Crippen molar-refractivity contribution < 1.29 is 4.74 Å². The monoisotopic (exact) mass is 322 g/mol. The first-order valence-corrected chi connectivity index (χ1v) is 8.21. The van der Waals surface area contributed by atoms with Crippen molar-refractivity contribution in [3.05, 3.63) is 47.3 Å². The number of rotatable bonds is 4. The van der Waals surface area contributed by atoms with Crippen LogP contribution in [0.15, 0.2) is 36.7 Å². The van der Waals surface area contributed by atoms with Crippen LogP contribution in [0.1, 0.15) is 39.2 Å². The molecule has 1 heterocycles. The van der Waals surface area contributed by atoms with Gasteiger partial charge in [0.25, 0.3) is 0 Å². The Morgan fingerprint density at radius 2 is 2.00 bits per heavy atom. The van der Waals surface area contributed by atoms with Crippen molar-refractivity contribution in [3.63, 3.8) is 0 Å². The molecule has 4 heteroatoms. The molecule has 1 fully saturated rings. The van der Waals surface area contributed by atoms with Gasteiger partial charge >= 0.3 is 0 Å². The third-order valence-corrected chi connectivity index (χ3v) is 4.11. The van der Waals surface area contributed by atoms with Gasteiger partial charge in [-0.3, -0.25) is 0 Å². The molecule has 1 atom stereocenters. The lowest BCUT2D eigenvalue weighted by atomic mass is 9.84. The number of nitrogens with two attached hydrogens (primary N) is 1. The summed E-state index contributed by atoms with van der Waals surface area (Å²) in [6.07, 6.45) is 2.90. The number of nitrogens with zero attached hydrogens (tertiary/aromatic N) is 1. The minimum atomic E-state index is -0.254. The van der Waals surface area contributed by atoms with Crippen molar-refractivity contribution >= 4 is 11.6 Å². The van der Waals surface area contributed by atoms with E-state index in [2.05, 4.69) is 23.6 Å². The standard InChI is InChI=1S/C18H27ClN2O/c1-14(22-17(2,3)4)21-11-5-10-18(20,13-21)12-15-6-8-16(19)9-7-15/h6-9H,1,5,10-13,20H2,2-4H3. The molecular formula is C18H27ClN2O. The quantitative estimate of drug-likeness (QED) is 0.853. The van der Waals surface area contributed by atoms with Crippen LogP contribution in [0, 0.1) is 0 Å². The molecule has 0 aliphatic carbocycles. The summed E-state index contributed by atoms with van der Waals surface area (Å²) in [7, 11) is 0. The summed E-state index contributed by atoms with van der Waals surface area (Å²) in [5, 5.41) is 0.757. The Hall–Kier alpha value is -1.19. The van der Waals surface area contributed by atoms with Crippen molar-refractivity contribution in [3.8, 4) is 0 Å². The molecule has 1 aliphatic rings. The molecule has 3 nitrogen and oxygen atoms in total. The average Bonchev–Trinajstić information content (AvgIpc) is 2.39. The molecule has 2 N–H and O–H groups in total.